The van der Waals surface area contributed by atoms with Crippen LogP contribution < -0.4 is 0 Å². The highest BCUT2D eigenvalue weighted by Gasteiger charge is 2.24. The summed E-state index contributed by atoms with van der Waals surface area (Å²) in [4.78, 5) is 12.6. The van der Waals surface area contributed by atoms with Gasteiger partial charge in [0.15, 0.2) is 0 Å². The summed E-state index contributed by atoms with van der Waals surface area (Å²) in [7, 11) is 1.34. The summed E-state index contributed by atoms with van der Waals surface area (Å²) < 4.78 is 5.00. The summed E-state index contributed by atoms with van der Waals surface area (Å²) in [5.41, 5.74) is 7.60. The van der Waals surface area contributed by atoms with E-state index >= 15 is 0 Å². The van der Waals surface area contributed by atoms with E-state index in [1.807, 2.05) is 65.8 Å². The summed E-state index contributed by atoms with van der Waals surface area (Å²) in [5, 5.41) is 11.1. The van der Waals surface area contributed by atoms with Crippen LogP contribution in [-0.2, 0) is 9.53 Å². The number of aliphatic hydroxyl groups excluding tert-OH is 1. The molecule has 0 unspecified atom stereocenters. The standard InChI is InChI=1S/C22H26O3/c1-12-8-14(3)18(15(4)9-12)20(22(24)25-7)21(23)19-16(5)10-13(2)11-17(19)6/h8-11,23H,1-7H3/b21-20+. The lowest BCUT2D eigenvalue weighted by atomic mass is 9.89. The van der Waals surface area contributed by atoms with Gasteiger partial charge in [-0.25, -0.2) is 4.79 Å². The highest BCUT2D eigenvalue weighted by Crippen LogP contribution is 2.33. The van der Waals surface area contributed by atoms with E-state index in [0.717, 1.165) is 38.9 Å². The van der Waals surface area contributed by atoms with E-state index < -0.39 is 5.97 Å². The maximum atomic E-state index is 12.6. The van der Waals surface area contributed by atoms with Gasteiger partial charge in [0.25, 0.3) is 0 Å². The number of carbonyl (C=O) groups is 1. The Kier molecular flexibility index (Phi) is 5.36. The summed E-state index contributed by atoms with van der Waals surface area (Å²) >= 11 is 0. The second kappa shape index (κ2) is 7.14. The minimum absolute atomic E-state index is 0.0306. The number of hydrogen-bond donors (Lipinski definition) is 1. The number of methoxy groups -OCH3 is 1. The molecule has 0 aliphatic heterocycles. The van der Waals surface area contributed by atoms with E-state index in [9.17, 15) is 9.90 Å². The summed E-state index contributed by atoms with van der Waals surface area (Å²) in [6, 6.07) is 8.02. The van der Waals surface area contributed by atoms with Gasteiger partial charge in [-0.1, -0.05) is 35.4 Å². The van der Waals surface area contributed by atoms with Crippen molar-refractivity contribution >= 4 is 17.3 Å². The largest absolute Gasteiger partial charge is 0.506 e. The Labute approximate surface area is 150 Å². The van der Waals surface area contributed by atoms with E-state index in [-0.39, 0.29) is 11.3 Å². The Morgan fingerprint density at radius 3 is 1.48 bits per heavy atom. The number of ether oxygens (including phenoxy) is 1. The Hall–Kier alpha value is -2.55. The van der Waals surface area contributed by atoms with Crippen LogP contribution in [0.2, 0.25) is 0 Å². The average molecular weight is 338 g/mol. The van der Waals surface area contributed by atoms with Crippen LogP contribution in [0, 0.1) is 41.5 Å². The van der Waals surface area contributed by atoms with Crippen molar-refractivity contribution < 1.29 is 14.6 Å². The lowest BCUT2D eigenvalue weighted by Gasteiger charge is -2.18. The van der Waals surface area contributed by atoms with E-state index in [1.54, 1.807) is 0 Å². The molecule has 0 aliphatic rings. The van der Waals surface area contributed by atoms with Gasteiger partial charge in [0.2, 0.25) is 0 Å². The molecule has 0 atom stereocenters. The molecule has 1 N–H and O–H groups in total. The van der Waals surface area contributed by atoms with Crippen molar-refractivity contribution in [2.24, 2.45) is 0 Å². The molecule has 0 heterocycles. The van der Waals surface area contributed by atoms with Crippen molar-refractivity contribution in [3.63, 3.8) is 0 Å². The molecule has 2 rings (SSSR count). The molecule has 25 heavy (non-hydrogen) atoms. The minimum atomic E-state index is -0.535. The molecule has 0 saturated heterocycles. The van der Waals surface area contributed by atoms with Gasteiger partial charge in [-0.3, -0.25) is 0 Å². The van der Waals surface area contributed by atoms with Crippen LogP contribution in [-0.4, -0.2) is 18.2 Å². The van der Waals surface area contributed by atoms with Crippen molar-refractivity contribution in [1.29, 1.82) is 0 Å². The molecular weight excluding hydrogens is 312 g/mol. The molecule has 0 spiro atoms. The Bertz CT molecular complexity index is 827. The molecule has 3 heteroatoms. The van der Waals surface area contributed by atoms with Crippen LogP contribution in [0.3, 0.4) is 0 Å². The fourth-order valence-electron chi connectivity index (χ4n) is 3.67. The smallest absolute Gasteiger partial charge is 0.342 e. The predicted octanol–water partition coefficient (Wildman–Crippen LogP) is 5.14. The minimum Gasteiger partial charge on any atom is -0.506 e. The van der Waals surface area contributed by atoms with Gasteiger partial charge in [0, 0.05) is 5.56 Å². The first-order chi connectivity index (χ1) is 11.7. The molecule has 0 radical (unpaired) electrons. The van der Waals surface area contributed by atoms with Crippen molar-refractivity contribution in [3.05, 3.63) is 68.8 Å². The van der Waals surface area contributed by atoms with Crippen LogP contribution in [0.15, 0.2) is 24.3 Å². The first-order valence-corrected chi connectivity index (χ1v) is 8.35. The Morgan fingerprint density at radius 2 is 1.12 bits per heavy atom. The second-order valence-corrected chi connectivity index (χ2v) is 6.76. The maximum absolute atomic E-state index is 12.6. The fraction of sp³-hybridized carbons (Fsp3) is 0.318. The maximum Gasteiger partial charge on any atom is 0.342 e. The highest BCUT2D eigenvalue weighted by atomic mass is 16.5. The van der Waals surface area contributed by atoms with Gasteiger partial charge in [-0.2, -0.15) is 0 Å². The number of esters is 1. The molecule has 2 aromatic rings. The third-order valence-corrected chi connectivity index (χ3v) is 4.47. The average Bonchev–Trinajstić information content (AvgIpc) is 2.48. The second-order valence-electron chi connectivity index (χ2n) is 6.76. The molecular formula is C22H26O3. The van der Waals surface area contributed by atoms with Gasteiger partial charge in [-0.15, -0.1) is 0 Å². The van der Waals surface area contributed by atoms with Crippen LogP contribution in [0.5, 0.6) is 0 Å². The highest BCUT2D eigenvalue weighted by molar-refractivity contribution is 6.24. The number of carbonyl (C=O) groups excluding carboxylic acids is 1. The Balaban J connectivity index is 2.88. The monoisotopic (exact) mass is 338 g/mol. The number of aliphatic hydroxyl groups is 1. The molecule has 0 aromatic heterocycles. The summed E-state index contributed by atoms with van der Waals surface area (Å²) in [5.74, 6) is -0.566. The number of aryl methyl sites for hydroxylation is 6. The van der Waals surface area contributed by atoms with E-state index in [2.05, 4.69) is 0 Å². The molecule has 0 aliphatic carbocycles. The van der Waals surface area contributed by atoms with Gasteiger partial charge >= 0.3 is 5.97 Å². The lowest BCUT2D eigenvalue weighted by molar-refractivity contribution is -0.133. The molecule has 132 valence electrons. The van der Waals surface area contributed by atoms with E-state index in [1.165, 1.54) is 7.11 Å². The third kappa shape index (κ3) is 3.60. The molecule has 3 nitrogen and oxygen atoms in total. The van der Waals surface area contributed by atoms with Gasteiger partial charge in [-0.05, 0) is 69.4 Å². The topological polar surface area (TPSA) is 46.5 Å². The van der Waals surface area contributed by atoms with E-state index in [0.29, 0.717) is 5.56 Å². The third-order valence-electron chi connectivity index (χ3n) is 4.47. The zero-order valence-corrected chi connectivity index (χ0v) is 16.1. The fourth-order valence-corrected chi connectivity index (χ4v) is 3.67. The quantitative estimate of drug-likeness (QED) is 0.365. The Morgan fingerprint density at radius 1 is 0.760 bits per heavy atom. The molecule has 0 saturated carbocycles. The molecule has 0 bridgehead atoms. The first kappa shape index (κ1) is 18.8. The normalized spacial score (nSPS) is 12.0. The number of rotatable bonds is 3. The molecule has 0 fully saturated rings. The lowest BCUT2D eigenvalue weighted by Crippen LogP contribution is -2.11. The zero-order chi connectivity index (χ0) is 18.9. The van der Waals surface area contributed by atoms with Crippen molar-refractivity contribution in [1.82, 2.24) is 0 Å². The van der Waals surface area contributed by atoms with Crippen molar-refractivity contribution in [2.45, 2.75) is 41.5 Å². The van der Waals surface area contributed by atoms with Crippen molar-refractivity contribution in [3.8, 4) is 0 Å². The van der Waals surface area contributed by atoms with Crippen LogP contribution in [0.25, 0.3) is 11.3 Å². The molecule has 0 amide bonds. The summed E-state index contributed by atoms with van der Waals surface area (Å²) in [6.45, 7) is 11.8. The van der Waals surface area contributed by atoms with Crippen LogP contribution >= 0.6 is 0 Å². The summed E-state index contributed by atoms with van der Waals surface area (Å²) in [6.07, 6.45) is 0. The number of benzene rings is 2. The van der Waals surface area contributed by atoms with Crippen LogP contribution in [0.1, 0.15) is 44.5 Å². The van der Waals surface area contributed by atoms with Crippen molar-refractivity contribution in [2.75, 3.05) is 7.11 Å². The van der Waals surface area contributed by atoms with E-state index in [4.69, 9.17) is 4.74 Å². The first-order valence-electron chi connectivity index (χ1n) is 8.35. The van der Waals surface area contributed by atoms with Gasteiger partial charge in [0.1, 0.15) is 11.3 Å². The number of hydrogen-bond acceptors (Lipinski definition) is 3. The SMILES string of the molecule is COC(=O)/C(=C(/O)c1c(C)cc(C)cc1C)c1c(C)cc(C)cc1C. The van der Waals surface area contributed by atoms with Gasteiger partial charge < -0.3 is 9.84 Å². The molecule has 2 aromatic carbocycles. The van der Waals surface area contributed by atoms with Gasteiger partial charge in [0.05, 0.1) is 7.11 Å². The zero-order valence-electron chi connectivity index (χ0n) is 16.1. The van der Waals surface area contributed by atoms with Crippen LogP contribution in [0.4, 0.5) is 0 Å². The predicted molar refractivity (Wildman–Crippen MR) is 103 cm³/mol.